The quantitative estimate of drug-likeness (QED) is 0.830. The maximum Gasteiger partial charge on any atom is 0.323 e. The summed E-state index contributed by atoms with van der Waals surface area (Å²) in [5.74, 6) is -0.336. The third-order valence-corrected chi connectivity index (χ3v) is 3.29. The molecule has 0 saturated heterocycles. The summed E-state index contributed by atoms with van der Waals surface area (Å²) in [7, 11) is 0. The number of hydrogen-bond acceptors (Lipinski definition) is 1. The van der Waals surface area contributed by atoms with Gasteiger partial charge in [0, 0.05) is 15.8 Å². The molecular weight excluding hydrogens is 323 g/mol. The van der Waals surface area contributed by atoms with Crippen LogP contribution in [0.4, 0.5) is 20.6 Å². The molecule has 0 heterocycles. The third-order valence-electron chi connectivity index (χ3n) is 2.80. The molecule has 2 aromatic rings. The summed E-state index contributed by atoms with van der Waals surface area (Å²) in [5.41, 5.74) is 2.34. The fourth-order valence-electron chi connectivity index (χ4n) is 1.79. The predicted octanol–water partition coefficient (Wildman–Crippen LogP) is 4.79. The van der Waals surface area contributed by atoms with Gasteiger partial charge in [0.1, 0.15) is 5.82 Å². The Kier molecular flexibility index (Phi) is 4.74. The summed E-state index contributed by atoms with van der Waals surface area (Å²) >= 11 is 3.40. The first-order chi connectivity index (χ1) is 9.58. The van der Waals surface area contributed by atoms with Gasteiger partial charge in [-0.05, 0) is 54.4 Å². The van der Waals surface area contributed by atoms with Crippen LogP contribution in [0.3, 0.4) is 0 Å². The van der Waals surface area contributed by atoms with Crippen LogP contribution in [0.15, 0.2) is 46.9 Å². The molecule has 0 bridgehead atoms. The summed E-state index contributed by atoms with van der Waals surface area (Å²) in [4.78, 5) is 11.9. The minimum absolute atomic E-state index is 0.336. The molecule has 0 aliphatic rings. The van der Waals surface area contributed by atoms with Crippen molar-refractivity contribution in [1.82, 2.24) is 0 Å². The van der Waals surface area contributed by atoms with Crippen LogP contribution in [0, 0.1) is 5.82 Å². The molecule has 0 spiro atoms. The zero-order valence-corrected chi connectivity index (χ0v) is 12.5. The van der Waals surface area contributed by atoms with Crippen molar-refractivity contribution in [3.05, 3.63) is 58.3 Å². The van der Waals surface area contributed by atoms with Crippen molar-refractivity contribution < 1.29 is 9.18 Å². The maximum absolute atomic E-state index is 12.8. The van der Waals surface area contributed by atoms with Crippen molar-refractivity contribution in [2.75, 3.05) is 10.6 Å². The van der Waals surface area contributed by atoms with Gasteiger partial charge in [-0.25, -0.2) is 9.18 Å². The number of hydrogen-bond donors (Lipinski definition) is 2. The first-order valence-corrected chi connectivity index (χ1v) is 7.00. The Balaban J connectivity index is 2.06. The fourth-order valence-corrected chi connectivity index (χ4v) is 2.20. The van der Waals surface area contributed by atoms with Crippen LogP contribution in [0.25, 0.3) is 0 Å². The van der Waals surface area contributed by atoms with Gasteiger partial charge in [-0.15, -0.1) is 0 Å². The average molecular weight is 337 g/mol. The van der Waals surface area contributed by atoms with Gasteiger partial charge < -0.3 is 10.6 Å². The van der Waals surface area contributed by atoms with E-state index in [0.29, 0.717) is 5.69 Å². The largest absolute Gasteiger partial charge is 0.323 e. The molecule has 2 rings (SSSR count). The number of benzene rings is 2. The Hall–Kier alpha value is -1.88. The number of rotatable bonds is 3. The second-order valence-electron chi connectivity index (χ2n) is 4.24. The first-order valence-electron chi connectivity index (χ1n) is 6.20. The Morgan fingerprint density at radius 1 is 1.15 bits per heavy atom. The highest BCUT2D eigenvalue weighted by Gasteiger charge is 2.06. The van der Waals surface area contributed by atoms with Crippen molar-refractivity contribution in [3.63, 3.8) is 0 Å². The van der Waals surface area contributed by atoms with E-state index >= 15 is 0 Å². The van der Waals surface area contributed by atoms with Crippen LogP contribution in [0.5, 0.6) is 0 Å². The zero-order valence-electron chi connectivity index (χ0n) is 10.9. The molecule has 0 aromatic heterocycles. The monoisotopic (exact) mass is 336 g/mol. The fraction of sp³-hybridized carbons (Fsp3) is 0.133. The van der Waals surface area contributed by atoms with E-state index in [1.807, 2.05) is 25.1 Å². The lowest BCUT2D eigenvalue weighted by Gasteiger charge is -2.11. The highest BCUT2D eigenvalue weighted by Crippen LogP contribution is 2.21. The van der Waals surface area contributed by atoms with Crippen molar-refractivity contribution in [3.8, 4) is 0 Å². The van der Waals surface area contributed by atoms with Gasteiger partial charge in [-0.3, -0.25) is 0 Å². The van der Waals surface area contributed by atoms with E-state index in [0.717, 1.165) is 22.1 Å². The minimum atomic E-state index is -0.353. The van der Waals surface area contributed by atoms with Crippen LogP contribution < -0.4 is 10.6 Å². The molecule has 20 heavy (non-hydrogen) atoms. The van der Waals surface area contributed by atoms with Crippen LogP contribution in [0.2, 0.25) is 0 Å². The van der Waals surface area contributed by atoms with E-state index in [-0.39, 0.29) is 11.8 Å². The Bertz CT molecular complexity index is 614. The van der Waals surface area contributed by atoms with E-state index in [2.05, 4.69) is 26.6 Å². The van der Waals surface area contributed by atoms with Gasteiger partial charge in [-0.2, -0.15) is 0 Å². The summed E-state index contributed by atoms with van der Waals surface area (Å²) in [6.07, 6.45) is 0.811. The molecule has 2 N–H and O–H groups in total. The molecule has 5 heteroatoms. The average Bonchev–Trinajstić information content (AvgIpc) is 2.43. The summed E-state index contributed by atoms with van der Waals surface area (Å²) in [6, 6.07) is 10.9. The number of urea groups is 1. The highest BCUT2D eigenvalue weighted by molar-refractivity contribution is 9.10. The topological polar surface area (TPSA) is 41.1 Å². The Morgan fingerprint density at radius 2 is 1.85 bits per heavy atom. The second-order valence-corrected chi connectivity index (χ2v) is 5.16. The van der Waals surface area contributed by atoms with Crippen molar-refractivity contribution in [2.24, 2.45) is 0 Å². The third kappa shape index (κ3) is 3.81. The van der Waals surface area contributed by atoms with Crippen LogP contribution in [-0.2, 0) is 6.42 Å². The predicted molar refractivity (Wildman–Crippen MR) is 82.6 cm³/mol. The molecule has 0 saturated carbocycles. The molecule has 2 aromatic carbocycles. The van der Waals surface area contributed by atoms with Gasteiger partial charge in [0.05, 0.1) is 0 Å². The van der Waals surface area contributed by atoms with Gasteiger partial charge in [0.25, 0.3) is 0 Å². The van der Waals surface area contributed by atoms with E-state index in [4.69, 9.17) is 0 Å². The molecule has 2 amide bonds. The Labute approximate surface area is 125 Å². The molecular formula is C15H14BrFN2O. The van der Waals surface area contributed by atoms with Gasteiger partial charge >= 0.3 is 6.03 Å². The smallest absolute Gasteiger partial charge is 0.308 e. The van der Waals surface area contributed by atoms with Crippen molar-refractivity contribution >= 4 is 33.3 Å². The van der Waals surface area contributed by atoms with E-state index in [1.54, 1.807) is 0 Å². The van der Waals surface area contributed by atoms with Gasteiger partial charge in [0.2, 0.25) is 0 Å². The van der Waals surface area contributed by atoms with Crippen LogP contribution >= 0.6 is 15.9 Å². The van der Waals surface area contributed by atoms with Gasteiger partial charge in [-0.1, -0.05) is 22.9 Å². The lowest BCUT2D eigenvalue weighted by molar-refractivity contribution is 0.262. The van der Waals surface area contributed by atoms with Gasteiger partial charge in [0.15, 0.2) is 0 Å². The SMILES string of the molecule is CCc1cc(Br)ccc1NC(=O)Nc1ccc(F)cc1. The highest BCUT2D eigenvalue weighted by atomic mass is 79.9. The van der Waals surface area contributed by atoms with E-state index in [9.17, 15) is 9.18 Å². The molecule has 104 valence electrons. The van der Waals surface area contributed by atoms with Crippen LogP contribution in [-0.4, -0.2) is 6.03 Å². The van der Waals surface area contributed by atoms with Crippen molar-refractivity contribution in [2.45, 2.75) is 13.3 Å². The number of nitrogens with one attached hydrogen (secondary N) is 2. The number of halogens is 2. The molecule has 0 aliphatic carbocycles. The molecule has 0 aliphatic heterocycles. The molecule has 3 nitrogen and oxygen atoms in total. The number of aryl methyl sites for hydroxylation is 1. The summed E-state index contributed by atoms with van der Waals surface area (Å²) in [5, 5.41) is 5.44. The van der Waals surface area contributed by atoms with Crippen LogP contribution in [0.1, 0.15) is 12.5 Å². The number of carbonyl (C=O) groups excluding carboxylic acids is 1. The lowest BCUT2D eigenvalue weighted by Crippen LogP contribution is -2.20. The normalized spacial score (nSPS) is 10.2. The standard InChI is InChI=1S/C15H14BrFN2O/c1-2-10-9-11(16)3-8-14(10)19-15(20)18-13-6-4-12(17)5-7-13/h3-9H,2H2,1H3,(H2,18,19,20). The molecule has 0 unspecified atom stereocenters. The molecule has 0 fully saturated rings. The zero-order chi connectivity index (χ0) is 14.5. The van der Waals surface area contributed by atoms with Crippen molar-refractivity contribution in [1.29, 1.82) is 0 Å². The summed E-state index contributed by atoms with van der Waals surface area (Å²) in [6.45, 7) is 2.02. The lowest BCUT2D eigenvalue weighted by atomic mass is 10.1. The second kappa shape index (κ2) is 6.52. The minimum Gasteiger partial charge on any atom is -0.308 e. The molecule has 0 atom stereocenters. The molecule has 0 radical (unpaired) electrons. The Morgan fingerprint density at radius 3 is 2.50 bits per heavy atom. The number of anilines is 2. The maximum atomic E-state index is 12.8. The van der Waals surface area contributed by atoms with E-state index < -0.39 is 0 Å². The number of carbonyl (C=O) groups is 1. The first kappa shape index (κ1) is 14.5. The summed E-state index contributed by atoms with van der Waals surface area (Å²) < 4.78 is 13.7. The number of amides is 2. The van der Waals surface area contributed by atoms with E-state index in [1.165, 1.54) is 24.3 Å².